The highest BCUT2D eigenvalue weighted by atomic mass is 35.5. The number of rotatable bonds is 3. The summed E-state index contributed by atoms with van der Waals surface area (Å²) in [6, 6.07) is 13.3. The van der Waals surface area contributed by atoms with Gasteiger partial charge < -0.3 is 29.9 Å². The maximum absolute atomic E-state index is 10.6. The zero-order valence-electron chi connectivity index (χ0n) is 14.5. The van der Waals surface area contributed by atoms with Crippen LogP contribution in [0.5, 0.6) is 0 Å². The molecule has 5 atom stereocenters. The Hall–Kier alpha value is -1.51. The molecule has 2 heterocycles. The Morgan fingerprint density at radius 3 is 2.41 bits per heavy atom. The molecule has 0 aromatic heterocycles. The lowest BCUT2D eigenvalue weighted by Gasteiger charge is -2.46. The van der Waals surface area contributed by atoms with Crippen LogP contribution in [-0.2, 0) is 28.3 Å². The Labute approximate surface area is 161 Å². The molecule has 2 aromatic carbocycles. The molecule has 0 aliphatic carbocycles. The second kappa shape index (κ2) is 7.14. The molecule has 144 valence electrons. The number of hydrogen-bond donors (Lipinski definition) is 4. The number of benzene rings is 2. The molecule has 0 radical (unpaired) electrons. The summed E-state index contributed by atoms with van der Waals surface area (Å²) >= 11 is 5.93. The van der Waals surface area contributed by atoms with Gasteiger partial charge in [-0.25, -0.2) is 0 Å². The van der Waals surface area contributed by atoms with Crippen molar-refractivity contribution in [2.75, 3.05) is 6.61 Å². The largest absolute Gasteiger partial charge is 0.394 e. The maximum Gasteiger partial charge on any atom is 0.225 e. The summed E-state index contributed by atoms with van der Waals surface area (Å²) in [5, 5.41) is 41.0. The standard InChI is InChI=1S/C20H21ClO6/c21-14-5-2-11(3-6-14)7-12-1-4-13-10-26-20(15(13)8-12)19(25)18(24)17(23)16(9-22)27-20/h1-6,8,16-19,22-25H,7,9-10H2/t16-,17-,18+,19-,20?/m1/s1. The van der Waals surface area contributed by atoms with Crippen molar-refractivity contribution < 1.29 is 29.9 Å². The zero-order valence-corrected chi connectivity index (χ0v) is 15.2. The number of aliphatic hydroxyl groups is 4. The highest BCUT2D eigenvalue weighted by molar-refractivity contribution is 6.30. The van der Waals surface area contributed by atoms with E-state index in [0.29, 0.717) is 17.0 Å². The molecular weight excluding hydrogens is 372 g/mol. The SMILES string of the molecule is OC[C@H]1OC2(OCc3ccc(Cc4ccc(Cl)cc4)cc32)[C@H](O)[C@@H](O)[C@@H]1O. The molecular formula is C20H21ClO6. The van der Waals surface area contributed by atoms with Gasteiger partial charge in [-0.15, -0.1) is 0 Å². The Morgan fingerprint density at radius 1 is 1.00 bits per heavy atom. The summed E-state index contributed by atoms with van der Waals surface area (Å²) in [5.74, 6) is -1.61. The minimum Gasteiger partial charge on any atom is -0.394 e. The van der Waals surface area contributed by atoms with Gasteiger partial charge in [0, 0.05) is 10.6 Å². The van der Waals surface area contributed by atoms with Gasteiger partial charge in [-0.05, 0) is 41.3 Å². The van der Waals surface area contributed by atoms with Gasteiger partial charge in [0.25, 0.3) is 0 Å². The first-order valence-electron chi connectivity index (χ1n) is 8.78. The number of fused-ring (bicyclic) bond motifs is 2. The monoisotopic (exact) mass is 392 g/mol. The van der Waals surface area contributed by atoms with Crippen molar-refractivity contribution in [2.24, 2.45) is 0 Å². The van der Waals surface area contributed by atoms with E-state index in [4.69, 9.17) is 21.1 Å². The fourth-order valence-corrected chi connectivity index (χ4v) is 3.89. The van der Waals surface area contributed by atoms with E-state index in [9.17, 15) is 20.4 Å². The fourth-order valence-electron chi connectivity index (χ4n) is 3.77. The molecule has 1 fully saturated rings. The topological polar surface area (TPSA) is 99.4 Å². The van der Waals surface area contributed by atoms with Crippen molar-refractivity contribution in [2.45, 2.75) is 43.2 Å². The summed E-state index contributed by atoms with van der Waals surface area (Å²) in [4.78, 5) is 0. The molecule has 2 aromatic rings. The Bertz CT molecular complexity index is 824. The molecule has 0 saturated carbocycles. The lowest BCUT2D eigenvalue weighted by molar-refractivity contribution is -0.368. The molecule has 0 bridgehead atoms. The van der Waals surface area contributed by atoms with E-state index >= 15 is 0 Å². The van der Waals surface area contributed by atoms with Gasteiger partial charge in [-0.2, -0.15) is 0 Å². The predicted molar refractivity (Wildman–Crippen MR) is 97.1 cm³/mol. The average molecular weight is 393 g/mol. The van der Waals surface area contributed by atoms with Crippen LogP contribution in [-0.4, -0.2) is 51.4 Å². The molecule has 6 nitrogen and oxygen atoms in total. The Balaban J connectivity index is 1.69. The minimum atomic E-state index is -1.61. The quantitative estimate of drug-likeness (QED) is 0.624. The Morgan fingerprint density at radius 2 is 1.70 bits per heavy atom. The third kappa shape index (κ3) is 3.17. The van der Waals surface area contributed by atoms with Crippen LogP contribution in [0.2, 0.25) is 5.02 Å². The first-order chi connectivity index (χ1) is 12.9. The van der Waals surface area contributed by atoms with Gasteiger partial charge in [0.05, 0.1) is 13.2 Å². The van der Waals surface area contributed by atoms with Crippen LogP contribution in [0.3, 0.4) is 0 Å². The first kappa shape index (κ1) is 18.8. The summed E-state index contributed by atoms with van der Waals surface area (Å²) in [5.41, 5.74) is 3.47. The highest BCUT2D eigenvalue weighted by Gasteiger charge is 2.58. The van der Waals surface area contributed by atoms with E-state index in [0.717, 1.165) is 16.7 Å². The average Bonchev–Trinajstić information content (AvgIpc) is 3.04. The lowest BCUT2D eigenvalue weighted by atomic mass is 9.86. The van der Waals surface area contributed by atoms with Crippen LogP contribution >= 0.6 is 11.6 Å². The highest BCUT2D eigenvalue weighted by Crippen LogP contribution is 2.46. The number of ether oxygens (including phenoxy) is 2. The van der Waals surface area contributed by atoms with Gasteiger partial charge in [0.1, 0.15) is 24.4 Å². The predicted octanol–water partition coefficient (Wildman–Crippen LogP) is 1.09. The van der Waals surface area contributed by atoms with Gasteiger partial charge in [-0.1, -0.05) is 35.9 Å². The summed E-state index contributed by atoms with van der Waals surface area (Å²) in [6.45, 7) is -0.301. The van der Waals surface area contributed by atoms with E-state index in [2.05, 4.69) is 0 Å². The normalized spacial score (nSPS) is 32.6. The van der Waals surface area contributed by atoms with E-state index in [-0.39, 0.29) is 6.61 Å². The van der Waals surface area contributed by atoms with Crippen molar-refractivity contribution in [1.82, 2.24) is 0 Å². The van der Waals surface area contributed by atoms with Crippen molar-refractivity contribution in [3.63, 3.8) is 0 Å². The number of halogens is 1. The van der Waals surface area contributed by atoms with Crippen molar-refractivity contribution >= 4 is 11.6 Å². The van der Waals surface area contributed by atoms with Crippen molar-refractivity contribution in [1.29, 1.82) is 0 Å². The van der Waals surface area contributed by atoms with Crippen LogP contribution in [0.25, 0.3) is 0 Å². The molecule has 4 N–H and O–H groups in total. The van der Waals surface area contributed by atoms with Crippen LogP contribution in [0.15, 0.2) is 42.5 Å². The summed E-state index contributed by atoms with van der Waals surface area (Å²) in [6.07, 6.45) is -4.80. The van der Waals surface area contributed by atoms with Gasteiger partial charge in [0.15, 0.2) is 0 Å². The van der Waals surface area contributed by atoms with E-state index < -0.39 is 36.8 Å². The molecule has 27 heavy (non-hydrogen) atoms. The third-order valence-corrected chi connectivity index (χ3v) is 5.52. The molecule has 7 heteroatoms. The van der Waals surface area contributed by atoms with E-state index in [1.807, 2.05) is 42.5 Å². The number of hydrogen-bond acceptors (Lipinski definition) is 6. The Kier molecular flexibility index (Phi) is 4.98. The van der Waals surface area contributed by atoms with Gasteiger partial charge >= 0.3 is 0 Å². The van der Waals surface area contributed by atoms with Crippen LogP contribution in [0.4, 0.5) is 0 Å². The molecule has 1 unspecified atom stereocenters. The van der Waals surface area contributed by atoms with E-state index in [1.54, 1.807) is 0 Å². The molecule has 0 amide bonds. The third-order valence-electron chi connectivity index (χ3n) is 5.26. The molecule has 1 saturated heterocycles. The summed E-state index contributed by atoms with van der Waals surface area (Å²) in [7, 11) is 0. The second-order valence-electron chi connectivity index (χ2n) is 7.02. The molecule has 1 spiro atoms. The maximum atomic E-state index is 10.6. The second-order valence-corrected chi connectivity index (χ2v) is 7.45. The van der Waals surface area contributed by atoms with Crippen molar-refractivity contribution in [3.05, 3.63) is 69.7 Å². The molecule has 2 aliphatic rings. The smallest absolute Gasteiger partial charge is 0.225 e. The van der Waals surface area contributed by atoms with Crippen molar-refractivity contribution in [3.8, 4) is 0 Å². The molecule has 2 aliphatic heterocycles. The minimum absolute atomic E-state index is 0.203. The van der Waals surface area contributed by atoms with Crippen LogP contribution < -0.4 is 0 Å². The fraction of sp³-hybridized carbons (Fsp3) is 0.400. The van der Waals surface area contributed by atoms with Gasteiger partial charge in [-0.3, -0.25) is 0 Å². The number of aliphatic hydroxyl groups excluding tert-OH is 4. The van der Waals surface area contributed by atoms with Gasteiger partial charge in [0.2, 0.25) is 5.79 Å². The summed E-state index contributed by atoms with van der Waals surface area (Å²) < 4.78 is 11.5. The zero-order chi connectivity index (χ0) is 19.2. The van der Waals surface area contributed by atoms with E-state index in [1.165, 1.54) is 0 Å². The molecule has 4 rings (SSSR count). The lowest BCUT2D eigenvalue weighted by Crippen LogP contribution is -2.63. The van der Waals surface area contributed by atoms with Crippen LogP contribution in [0.1, 0.15) is 22.3 Å². The first-order valence-corrected chi connectivity index (χ1v) is 9.16. The van der Waals surface area contributed by atoms with Crippen LogP contribution in [0, 0.1) is 0 Å².